The zero-order chi connectivity index (χ0) is 12.0. The fourth-order valence-electron chi connectivity index (χ4n) is 2.07. The van der Waals surface area contributed by atoms with Gasteiger partial charge in [0, 0.05) is 18.8 Å². The third kappa shape index (κ3) is 4.24. The predicted molar refractivity (Wildman–Crippen MR) is 74.1 cm³/mol. The van der Waals surface area contributed by atoms with Gasteiger partial charge in [0.15, 0.2) is 5.96 Å². The summed E-state index contributed by atoms with van der Waals surface area (Å²) < 4.78 is 0. The average molecular weight is 243 g/mol. The van der Waals surface area contributed by atoms with Gasteiger partial charge in [-0.3, -0.25) is 0 Å². The summed E-state index contributed by atoms with van der Waals surface area (Å²) in [5, 5.41) is 0. The van der Waals surface area contributed by atoms with E-state index < -0.39 is 0 Å². The second-order valence-corrected chi connectivity index (χ2v) is 5.61. The van der Waals surface area contributed by atoms with Crippen LogP contribution in [0.15, 0.2) is 4.99 Å². The summed E-state index contributed by atoms with van der Waals surface area (Å²) in [4.78, 5) is 6.75. The van der Waals surface area contributed by atoms with Gasteiger partial charge in [0.05, 0.1) is 6.04 Å². The molecule has 94 valence electrons. The van der Waals surface area contributed by atoms with Gasteiger partial charge in [0.2, 0.25) is 0 Å². The van der Waals surface area contributed by atoms with E-state index in [9.17, 15) is 0 Å². The molecule has 0 radical (unpaired) electrons. The largest absolute Gasteiger partial charge is 0.370 e. The molecule has 3 nitrogen and oxygen atoms in total. The Hall–Kier alpha value is -0.380. The Morgan fingerprint density at radius 1 is 1.44 bits per heavy atom. The van der Waals surface area contributed by atoms with Gasteiger partial charge in [-0.15, -0.1) is 0 Å². The van der Waals surface area contributed by atoms with Crippen molar-refractivity contribution in [1.82, 2.24) is 4.90 Å². The normalized spacial score (nSPS) is 20.8. The second kappa shape index (κ2) is 7.05. The van der Waals surface area contributed by atoms with Crippen LogP contribution in [0, 0.1) is 0 Å². The first-order chi connectivity index (χ1) is 7.65. The summed E-state index contributed by atoms with van der Waals surface area (Å²) in [6.45, 7) is 2.19. The SMILES string of the molecule is CSCC(C)N(C)C(N)=NC1CCCCC1. The lowest BCUT2D eigenvalue weighted by Crippen LogP contribution is -2.42. The predicted octanol–water partition coefficient (Wildman–Crippen LogP) is 2.32. The Labute approximate surface area is 104 Å². The van der Waals surface area contributed by atoms with Crippen molar-refractivity contribution in [2.75, 3.05) is 19.1 Å². The van der Waals surface area contributed by atoms with Crippen molar-refractivity contribution in [3.8, 4) is 0 Å². The molecule has 0 aliphatic heterocycles. The molecule has 1 aliphatic carbocycles. The molecule has 0 heterocycles. The van der Waals surface area contributed by atoms with Gasteiger partial charge in [-0.05, 0) is 26.0 Å². The van der Waals surface area contributed by atoms with E-state index >= 15 is 0 Å². The fourth-order valence-corrected chi connectivity index (χ4v) is 2.77. The van der Waals surface area contributed by atoms with Crippen LogP contribution in [-0.2, 0) is 0 Å². The molecule has 16 heavy (non-hydrogen) atoms. The van der Waals surface area contributed by atoms with Crippen molar-refractivity contribution in [2.24, 2.45) is 10.7 Å². The molecule has 1 saturated carbocycles. The average Bonchev–Trinajstić information content (AvgIpc) is 2.29. The summed E-state index contributed by atoms with van der Waals surface area (Å²) >= 11 is 1.85. The van der Waals surface area contributed by atoms with E-state index in [2.05, 4.69) is 23.1 Å². The maximum atomic E-state index is 6.05. The van der Waals surface area contributed by atoms with Gasteiger partial charge >= 0.3 is 0 Å². The standard InChI is InChI=1S/C12H25N3S/c1-10(9-16-3)15(2)12(13)14-11-7-5-4-6-8-11/h10-11H,4-9H2,1-3H3,(H2,13,14). The third-order valence-electron chi connectivity index (χ3n) is 3.32. The van der Waals surface area contributed by atoms with Crippen molar-refractivity contribution in [1.29, 1.82) is 0 Å². The molecule has 1 aliphatic rings. The Balaban J connectivity index is 2.47. The molecule has 1 atom stereocenters. The van der Waals surface area contributed by atoms with Gasteiger partial charge in [0.25, 0.3) is 0 Å². The highest BCUT2D eigenvalue weighted by Gasteiger charge is 2.15. The van der Waals surface area contributed by atoms with E-state index in [1.54, 1.807) is 0 Å². The summed E-state index contributed by atoms with van der Waals surface area (Å²) in [7, 11) is 2.04. The van der Waals surface area contributed by atoms with Crippen LogP contribution in [0.1, 0.15) is 39.0 Å². The zero-order valence-corrected chi connectivity index (χ0v) is 11.6. The van der Waals surface area contributed by atoms with Crippen molar-refractivity contribution < 1.29 is 0 Å². The number of hydrogen-bond donors (Lipinski definition) is 1. The van der Waals surface area contributed by atoms with Gasteiger partial charge in [-0.25, -0.2) is 4.99 Å². The van der Waals surface area contributed by atoms with Crippen LogP contribution in [0.3, 0.4) is 0 Å². The van der Waals surface area contributed by atoms with Crippen LogP contribution in [0.5, 0.6) is 0 Å². The van der Waals surface area contributed by atoms with E-state index in [0.717, 1.165) is 5.75 Å². The molecule has 0 aromatic carbocycles. The molecule has 0 bridgehead atoms. The molecular weight excluding hydrogens is 218 g/mol. The highest BCUT2D eigenvalue weighted by atomic mass is 32.2. The molecule has 4 heteroatoms. The molecule has 0 aromatic rings. The van der Waals surface area contributed by atoms with Crippen LogP contribution >= 0.6 is 11.8 Å². The molecule has 1 fully saturated rings. The second-order valence-electron chi connectivity index (χ2n) is 4.69. The monoisotopic (exact) mass is 243 g/mol. The summed E-state index contributed by atoms with van der Waals surface area (Å²) in [5.41, 5.74) is 6.05. The quantitative estimate of drug-likeness (QED) is 0.608. The lowest BCUT2D eigenvalue weighted by Gasteiger charge is -2.27. The molecule has 2 N–H and O–H groups in total. The van der Waals surface area contributed by atoms with Crippen LogP contribution < -0.4 is 5.73 Å². The Kier molecular flexibility index (Phi) is 6.03. The smallest absolute Gasteiger partial charge is 0.191 e. The molecule has 1 unspecified atom stereocenters. The van der Waals surface area contributed by atoms with Crippen molar-refractivity contribution in [3.63, 3.8) is 0 Å². The van der Waals surface area contributed by atoms with E-state index in [0.29, 0.717) is 18.0 Å². The summed E-state index contributed by atoms with van der Waals surface area (Å²) in [6.07, 6.45) is 8.54. The molecule has 0 aromatic heterocycles. The Bertz CT molecular complexity index is 224. The van der Waals surface area contributed by atoms with Crippen molar-refractivity contribution in [3.05, 3.63) is 0 Å². The first-order valence-electron chi connectivity index (χ1n) is 6.20. The van der Waals surface area contributed by atoms with Crippen LogP contribution in [-0.4, -0.2) is 42.0 Å². The number of nitrogens with two attached hydrogens (primary N) is 1. The lowest BCUT2D eigenvalue weighted by molar-refractivity contribution is 0.399. The minimum atomic E-state index is 0.461. The molecular formula is C12H25N3S. The number of guanidine groups is 1. The van der Waals surface area contributed by atoms with Crippen molar-refractivity contribution in [2.45, 2.75) is 51.1 Å². The zero-order valence-electron chi connectivity index (χ0n) is 10.8. The molecule has 1 rings (SSSR count). The minimum Gasteiger partial charge on any atom is -0.370 e. The molecule has 0 saturated heterocycles. The topological polar surface area (TPSA) is 41.6 Å². The van der Waals surface area contributed by atoms with Gasteiger partial charge < -0.3 is 10.6 Å². The van der Waals surface area contributed by atoms with E-state index in [1.807, 2.05) is 18.8 Å². The lowest BCUT2D eigenvalue weighted by atomic mass is 9.96. The maximum absolute atomic E-state index is 6.05. The van der Waals surface area contributed by atoms with Gasteiger partial charge in [-0.1, -0.05) is 19.3 Å². The molecule has 0 spiro atoms. The summed E-state index contributed by atoms with van der Waals surface area (Å²) in [5.74, 6) is 1.81. The van der Waals surface area contributed by atoms with Crippen LogP contribution in [0.2, 0.25) is 0 Å². The van der Waals surface area contributed by atoms with Gasteiger partial charge in [-0.2, -0.15) is 11.8 Å². The first kappa shape index (κ1) is 13.7. The fraction of sp³-hybridized carbons (Fsp3) is 0.917. The minimum absolute atomic E-state index is 0.461. The first-order valence-corrected chi connectivity index (χ1v) is 7.59. The highest BCUT2D eigenvalue weighted by Crippen LogP contribution is 2.20. The molecule has 0 amide bonds. The number of thioether (sulfide) groups is 1. The van der Waals surface area contributed by atoms with E-state index in [4.69, 9.17) is 5.73 Å². The Morgan fingerprint density at radius 3 is 2.62 bits per heavy atom. The van der Waals surface area contributed by atoms with Crippen LogP contribution in [0.4, 0.5) is 0 Å². The Morgan fingerprint density at radius 2 is 2.06 bits per heavy atom. The highest BCUT2D eigenvalue weighted by molar-refractivity contribution is 7.98. The van der Waals surface area contributed by atoms with E-state index in [1.165, 1.54) is 32.1 Å². The number of nitrogens with zero attached hydrogens (tertiary/aromatic N) is 2. The number of hydrogen-bond acceptors (Lipinski definition) is 2. The van der Waals surface area contributed by atoms with Gasteiger partial charge in [0.1, 0.15) is 0 Å². The number of aliphatic imine (C=N–C) groups is 1. The van der Waals surface area contributed by atoms with E-state index in [-0.39, 0.29) is 0 Å². The summed E-state index contributed by atoms with van der Waals surface area (Å²) in [6, 6.07) is 0.931. The van der Waals surface area contributed by atoms with Crippen molar-refractivity contribution >= 4 is 17.7 Å². The maximum Gasteiger partial charge on any atom is 0.191 e. The van der Waals surface area contributed by atoms with Crippen LogP contribution in [0.25, 0.3) is 0 Å². The third-order valence-corrected chi connectivity index (χ3v) is 4.14. The number of rotatable bonds is 4.